The summed E-state index contributed by atoms with van der Waals surface area (Å²) in [5, 5.41) is 20.6. The van der Waals surface area contributed by atoms with E-state index in [1.54, 1.807) is 5.32 Å². The predicted molar refractivity (Wildman–Crippen MR) is 97.5 cm³/mol. The second-order valence-electron chi connectivity index (χ2n) is 6.75. The van der Waals surface area contributed by atoms with Gasteiger partial charge in [0.05, 0.1) is 25.4 Å². The number of rotatable bonds is 7. The van der Waals surface area contributed by atoms with E-state index in [1.165, 1.54) is 10.8 Å². The molecule has 1 aliphatic rings. The summed E-state index contributed by atoms with van der Waals surface area (Å²) in [5.41, 5.74) is -1.32. The Morgan fingerprint density at radius 2 is 2.10 bits per heavy atom. The van der Waals surface area contributed by atoms with Crippen molar-refractivity contribution in [1.82, 2.24) is 14.9 Å². The number of nitrogens with one attached hydrogen (secondary N) is 2. The molecule has 30 heavy (non-hydrogen) atoms. The largest absolute Gasteiger partial charge is 0.471 e. The molecule has 1 aromatic heterocycles. The molecule has 0 bridgehead atoms. The fraction of sp³-hybridized carbons (Fsp3) is 0.611. The number of nitrogens with zero attached hydrogens (tertiary/aromatic N) is 1. The number of unbranched alkanes of at least 4 members (excludes halogenated alkanes) is 2. The Morgan fingerprint density at radius 1 is 1.37 bits per heavy atom. The van der Waals surface area contributed by atoms with Crippen LogP contribution in [0.1, 0.15) is 31.2 Å². The fourth-order valence-electron chi connectivity index (χ4n) is 2.85. The van der Waals surface area contributed by atoms with Gasteiger partial charge in [-0.05, 0) is 12.8 Å². The van der Waals surface area contributed by atoms with Crippen LogP contribution >= 0.6 is 0 Å². The van der Waals surface area contributed by atoms with Gasteiger partial charge in [-0.15, -0.1) is 0 Å². The normalized spacial score (nSPS) is 21.2. The molecule has 2 heterocycles. The van der Waals surface area contributed by atoms with E-state index in [1.807, 2.05) is 0 Å². The molecule has 4 N–H and O–H groups in total. The monoisotopic (exact) mass is 433 g/mol. The topological polar surface area (TPSA) is 134 Å². The number of amides is 1. The van der Waals surface area contributed by atoms with Crippen molar-refractivity contribution >= 4 is 5.91 Å². The number of carbonyl (C=O) groups excluding carboxylic acids is 1. The van der Waals surface area contributed by atoms with Crippen LogP contribution in [0.25, 0.3) is 0 Å². The van der Waals surface area contributed by atoms with Gasteiger partial charge in [0.25, 0.3) is 5.56 Å². The van der Waals surface area contributed by atoms with Crippen LogP contribution in [0, 0.1) is 11.8 Å². The van der Waals surface area contributed by atoms with Crippen LogP contribution in [-0.2, 0) is 16.1 Å². The van der Waals surface area contributed by atoms with Crippen LogP contribution in [-0.4, -0.2) is 63.3 Å². The smallest absolute Gasteiger partial charge is 0.394 e. The molecule has 1 amide bonds. The van der Waals surface area contributed by atoms with Crippen molar-refractivity contribution in [2.24, 2.45) is 0 Å². The number of ether oxygens (including phenoxy) is 1. The zero-order valence-corrected chi connectivity index (χ0v) is 15.9. The molecule has 9 nitrogen and oxygen atoms in total. The lowest BCUT2D eigenvalue weighted by Crippen LogP contribution is -2.37. The van der Waals surface area contributed by atoms with Crippen molar-refractivity contribution in [1.29, 1.82) is 0 Å². The highest BCUT2D eigenvalue weighted by Gasteiger charge is 2.38. The maximum Gasteiger partial charge on any atom is 0.471 e. The van der Waals surface area contributed by atoms with E-state index in [9.17, 15) is 32.7 Å². The molecular weight excluding hydrogens is 411 g/mol. The molecular formula is C18H22F3N3O6. The summed E-state index contributed by atoms with van der Waals surface area (Å²) in [6.45, 7) is -0.445. The molecule has 1 fully saturated rings. The minimum absolute atomic E-state index is 0.0252. The summed E-state index contributed by atoms with van der Waals surface area (Å²) in [6.07, 6.45) is -4.57. The Morgan fingerprint density at radius 3 is 2.73 bits per heavy atom. The lowest BCUT2D eigenvalue weighted by molar-refractivity contribution is -0.173. The first-order valence-corrected chi connectivity index (χ1v) is 9.24. The van der Waals surface area contributed by atoms with Gasteiger partial charge in [-0.1, -0.05) is 11.8 Å². The first-order chi connectivity index (χ1) is 14.1. The minimum Gasteiger partial charge on any atom is -0.394 e. The Bertz CT molecular complexity index is 915. The van der Waals surface area contributed by atoms with Crippen LogP contribution in [0.4, 0.5) is 13.2 Å². The van der Waals surface area contributed by atoms with Gasteiger partial charge in [0.2, 0.25) is 0 Å². The molecule has 2 rings (SSSR count). The molecule has 3 atom stereocenters. The van der Waals surface area contributed by atoms with Crippen LogP contribution in [0.15, 0.2) is 15.8 Å². The highest BCUT2D eigenvalue weighted by atomic mass is 19.4. The van der Waals surface area contributed by atoms with E-state index in [0.717, 1.165) is 0 Å². The molecule has 1 aliphatic heterocycles. The Kier molecular flexibility index (Phi) is 8.22. The van der Waals surface area contributed by atoms with Crippen LogP contribution in [0.5, 0.6) is 0 Å². The molecule has 0 aliphatic carbocycles. The molecule has 1 aromatic rings. The molecule has 166 valence electrons. The van der Waals surface area contributed by atoms with Crippen molar-refractivity contribution in [2.45, 2.75) is 56.7 Å². The third kappa shape index (κ3) is 6.72. The SMILES string of the molecule is O=C(NCCCCC#Cc1cn(CC2CC(O)C(CO)O2)c(=O)[nH]c1=O)C(F)(F)F. The predicted octanol–water partition coefficient (Wildman–Crippen LogP) is -0.752. The number of aliphatic hydroxyl groups is 2. The number of hydrogen-bond acceptors (Lipinski definition) is 6. The van der Waals surface area contributed by atoms with Gasteiger partial charge in [-0.3, -0.25) is 19.1 Å². The molecule has 12 heteroatoms. The zero-order valence-electron chi connectivity index (χ0n) is 15.9. The van der Waals surface area contributed by atoms with E-state index in [4.69, 9.17) is 9.84 Å². The van der Waals surface area contributed by atoms with E-state index in [0.29, 0.717) is 6.42 Å². The second kappa shape index (κ2) is 10.4. The van der Waals surface area contributed by atoms with Crippen molar-refractivity contribution in [3.63, 3.8) is 0 Å². The summed E-state index contributed by atoms with van der Waals surface area (Å²) < 4.78 is 42.7. The summed E-state index contributed by atoms with van der Waals surface area (Å²) in [4.78, 5) is 36.6. The third-order valence-corrected chi connectivity index (χ3v) is 4.39. The van der Waals surface area contributed by atoms with Gasteiger partial charge in [0, 0.05) is 25.6 Å². The lowest BCUT2D eigenvalue weighted by atomic mass is 10.1. The van der Waals surface area contributed by atoms with E-state index in [-0.39, 0.29) is 44.5 Å². The fourth-order valence-corrected chi connectivity index (χ4v) is 2.85. The Labute approximate surface area is 168 Å². The van der Waals surface area contributed by atoms with Crippen molar-refractivity contribution < 1.29 is 32.9 Å². The summed E-state index contributed by atoms with van der Waals surface area (Å²) in [7, 11) is 0. The standard InChI is InChI=1S/C18H22F3N3O6/c19-18(20,21)16(28)22-6-4-2-1-3-5-11-8-24(17(29)23-15(11)27)9-12-7-13(26)14(10-25)30-12/h8,12-14,25-26H,1-2,4,6-7,9-10H2,(H,22,28)(H,23,27,29). The van der Waals surface area contributed by atoms with E-state index in [2.05, 4.69) is 16.8 Å². The number of H-pyrrole nitrogens is 1. The van der Waals surface area contributed by atoms with Crippen LogP contribution in [0.3, 0.4) is 0 Å². The van der Waals surface area contributed by atoms with Crippen LogP contribution < -0.4 is 16.6 Å². The van der Waals surface area contributed by atoms with E-state index < -0.39 is 41.6 Å². The highest BCUT2D eigenvalue weighted by Crippen LogP contribution is 2.21. The number of aliphatic hydroxyl groups excluding tert-OH is 2. The van der Waals surface area contributed by atoms with Gasteiger partial charge in [-0.25, -0.2) is 4.79 Å². The highest BCUT2D eigenvalue weighted by molar-refractivity contribution is 5.81. The molecule has 0 aromatic carbocycles. The minimum atomic E-state index is -4.91. The number of carbonyl (C=O) groups is 1. The van der Waals surface area contributed by atoms with Gasteiger partial charge < -0.3 is 20.3 Å². The maximum absolute atomic E-state index is 12.0. The van der Waals surface area contributed by atoms with Crippen molar-refractivity contribution in [3.05, 3.63) is 32.6 Å². The number of hydrogen-bond donors (Lipinski definition) is 4. The average molecular weight is 433 g/mol. The van der Waals surface area contributed by atoms with Gasteiger partial charge >= 0.3 is 17.8 Å². The number of aromatic nitrogens is 2. The first-order valence-electron chi connectivity index (χ1n) is 9.24. The van der Waals surface area contributed by atoms with Crippen molar-refractivity contribution in [2.75, 3.05) is 13.2 Å². The quantitative estimate of drug-likeness (QED) is 0.330. The van der Waals surface area contributed by atoms with Gasteiger partial charge in [0.1, 0.15) is 11.7 Å². The van der Waals surface area contributed by atoms with E-state index >= 15 is 0 Å². The summed E-state index contributed by atoms with van der Waals surface area (Å²) in [6, 6.07) is 0. The second-order valence-corrected chi connectivity index (χ2v) is 6.75. The lowest BCUT2D eigenvalue weighted by Gasteiger charge is -2.13. The molecule has 0 radical (unpaired) electrons. The molecule has 3 unspecified atom stereocenters. The van der Waals surface area contributed by atoms with Gasteiger partial charge in [-0.2, -0.15) is 13.2 Å². The molecule has 0 spiro atoms. The number of aromatic amines is 1. The Hall–Kier alpha value is -2.62. The average Bonchev–Trinajstić information content (AvgIpc) is 3.02. The summed E-state index contributed by atoms with van der Waals surface area (Å²) >= 11 is 0. The molecule has 1 saturated heterocycles. The molecule has 0 saturated carbocycles. The van der Waals surface area contributed by atoms with Crippen LogP contribution in [0.2, 0.25) is 0 Å². The zero-order chi connectivity index (χ0) is 22.3. The first kappa shape index (κ1) is 23.7. The third-order valence-electron chi connectivity index (χ3n) is 4.39. The maximum atomic E-state index is 12.0. The van der Waals surface area contributed by atoms with Crippen molar-refractivity contribution in [3.8, 4) is 11.8 Å². The summed E-state index contributed by atoms with van der Waals surface area (Å²) in [5.74, 6) is 3.31. The Balaban J connectivity index is 1.88. The number of halogens is 3. The van der Waals surface area contributed by atoms with Gasteiger partial charge in [0.15, 0.2) is 0 Å². The number of alkyl halides is 3.